The molecule has 66 heavy (non-hydrogen) atoms. The molecule has 0 N–H and O–H groups in total. The summed E-state index contributed by atoms with van der Waals surface area (Å²) < 4.78 is 0. The minimum atomic E-state index is 1.24. The van der Waals surface area contributed by atoms with E-state index < -0.39 is 0 Å². The summed E-state index contributed by atoms with van der Waals surface area (Å²) in [6.45, 7) is 0. The molecular weight excluding hydrogens is 793 g/mol. The van der Waals surface area contributed by atoms with Crippen LogP contribution in [-0.4, -0.2) is 0 Å². The van der Waals surface area contributed by atoms with Crippen molar-refractivity contribution in [2.75, 3.05) is 0 Å². The van der Waals surface area contributed by atoms with Gasteiger partial charge in [0.1, 0.15) is 0 Å². The fraction of sp³-hybridized carbons (Fsp3) is 0. The van der Waals surface area contributed by atoms with Gasteiger partial charge in [0.05, 0.1) is 0 Å². The van der Waals surface area contributed by atoms with Crippen molar-refractivity contribution in [3.63, 3.8) is 0 Å². The van der Waals surface area contributed by atoms with Gasteiger partial charge in [0.2, 0.25) is 0 Å². The van der Waals surface area contributed by atoms with Crippen LogP contribution in [0.25, 0.3) is 154 Å². The maximum absolute atomic E-state index is 2.46. The summed E-state index contributed by atoms with van der Waals surface area (Å²) in [7, 11) is 0. The Morgan fingerprint density at radius 1 is 0.167 bits per heavy atom. The lowest BCUT2D eigenvalue weighted by Crippen LogP contribution is -1.94. The lowest BCUT2D eigenvalue weighted by atomic mass is 9.82. The van der Waals surface area contributed by atoms with Crippen molar-refractivity contribution >= 4 is 64.6 Å². The molecule has 13 aromatic carbocycles. The van der Waals surface area contributed by atoms with Gasteiger partial charge in [0.15, 0.2) is 0 Å². The van der Waals surface area contributed by atoms with Crippen LogP contribution in [0, 0.1) is 0 Å². The number of hydrogen-bond donors (Lipinski definition) is 0. The van der Waals surface area contributed by atoms with Crippen LogP contribution in [-0.2, 0) is 0 Å². The van der Waals surface area contributed by atoms with Crippen LogP contribution in [0.5, 0.6) is 0 Å². The molecule has 0 aliphatic heterocycles. The standard InChI is InChI=1S/C66H38/c1-5-15-43-35-47(25-21-39(43)11-1)51-29-30-52(48-26-22-40-12-2-6-16-44(40)36-48)62-56-32-34-58-64-57(33-31-55(61(51)62)63(56)64)65-59(49-27-23-41-13-3-7-17-45(41)37-49)53-19-9-10-20-54(53)60(66(58)65)50-28-24-42-14-4-8-18-46(42)38-50/h1-38H. The highest BCUT2D eigenvalue weighted by Gasteiger charge is 2.36. The molecule has 0 radical (unpaired) electrons. The summed E-state index contributed by atoms with van der Waals surface area (Å²) >= 11 is 0. The van der Waals surface area contributed by atoms with E-state index in [0.717, 1.165) is 0 Å². The van der Waals surface area contributed by atoms with Gasteiger partial charge in [-0.15, -0.1) is 0 Å². The first-order valence-electron chi connectivity index (χ1n) is 23.1. The van der Waals surface area contributed by atoms with Crippen LogP contribution in [0.1, 0.15) is 0 Å². The molecule has 0 unspecified atom stereocenters. The Morgan fingerprint density at radius 2 is 0.439 bits per heavy atom. The van der Waals surface area contributed by atoms with E-state index in [4.69, 9.17) is 0 Å². The SMILES string of the molecule is c1ccc2cc(-c3ccc(-c4ccc5ccccc5c4)c4c3-c3ccc5c6c(ccc-4c36)-c3c-5c(-c4ccc5ccccc5c4)c4ccccc4c3-c3ccc4ccccc4c3)ccc2c1. The molecular formula is C66H38. The van der Waals surface area contributed by atoms with Crippen molar-refractivity contribution in [3.8, 4) is 89.0 Å². The number of rotatable bonds is 4. The molecule has 0 fully saturated rings. The lowest BCUT2D eigenvalue weighted by molar-refractivity contribution is 1.61. The Balaban J connectivity index is 1.07. The monoisotopic (exact) mass is 830 g/mol. The molecule has 0 aromatic heterocycles. The van der Waals surface area contributed by atoms with Gasteiger partial charge in [0.25, 0.3) is 0 Å². The van der Waals surface area contributed by atoms with Gasteiger partial charge >= 0.3 is 0 Å². The largest absolute Gasteiger partial charge is 0.0616 e. The van der Waals surface area contributed by atoms with Gasteiger partial charge in [-0.1, -0.05) is 206 Å². The van der Waals surface area contributed by atoms with Crippen LogP contribution >= 0.6 is 0 Å². The van der Waals surface area contributed by atoms with E-state index in [2.05, 4.69) is 231 Å². The lowest BCUT2D eigenvalue weighted by Gasteiger charge is -2.21. The molecule has 0 spiro atoms. The zero-order chi connectivity index (χ0) is 43.0. The molecule has 302 valence electrons. The summed E-state index contributed by atoms with van der Waals surface area (Å²) in [5.41, 5.74) is 20.6. The number of benzene rings is 13. The van der Waals surface area contributed by atoms with Crippen molar-refractivity contribution in [1.82, 2.24) is 0 Å². The van der Waals surface area contributed by atoms with E-state index in [0.29, 0.717) is 0 Å². The van der Waals surface area contributed by atoms with Gasteiger partial charge in [-0.3, -0.25) is 0 Å². The average molecular weight is 831 g/mol. The highest BCUT2D eigenvalue weighted by molar-refractivity contribution is 6.33. The van der Waals surface area contributed by atoms with Crippen molar-refractivity contribution < 1.29 is 0 Å². The van der Waals surface area contributed by atoms with Crippen LogP contribution in [0.3, 0.4) is 0 Å². The summed E-state index contributed by atoms with van der Waals surface area (Å²) in [6.07, 6.45) is 0. The highest BCUT2D eigenvalue weighted by atomic mass is 14.4. The second kappa shape index (κ2) is 13.5. The third-order valence-electron chi connectivity index (χ3n) is 14.9. The normalized spacial score (nSPS) is 12.2. The first kappa shape index (κ1) is 35.8. The van der Waals surface area contributed by atoms with Crippen molar-refractivity contribution in [2.24, 2.45) is 0 Å². The Kier molecular flexibility index (Phi) is 7.31. The molecule has 0 saturated carbocycles. The Morgan fingerprint density at radius 3 is 0.803 bits per heavy atom. The van der Waals surface area contributed by atoms with E-state index >= 15 is 0 Å². The fourth-order valence-corrected chi connectivity index (χ4v) is 12.0. The topological polar surface area (TPSA) is 0 Å². The molecule has 0 saturated heterocycles. The van der Waals surface area contributed by atoms with Crippen LogP contribution in [0.4, 0.5) is 0 Å². The molecule has 2 aliphatic rings. The van der Waals surface area contributed by atoms with E-state index in [1.165, 1.54) is 154 Å². The van der Waals surface area contributed by atoms with Gasteiger partial charge < -0.3 is 0 Å². The minimum Gasteiger partial charge on any atom is -0.0616 e. The Labute approximate surface area is 382 Å². The summed E-state index contributed by atoms with van der Waals surface area (Å²) in [5, 5.41) is 15.3. The maximum Gasteiger partial charge on any atom is -0.000740 e. The molecule has 2 aliphatic carbocycles. The van der Waals surface area contributed by atoms with Gasteiger partial charge in [-0.25, -0.2) is 0 Å². The summed E-state index contributed by atoms with van der Waals surface area (Å²) in [5.74, 6) is 0. The Bertz CT molecular complexity index is 4010. The molecule has 0 atom stereocenters. The fourth-order valence-electron chi connectivity index (χ4n) is 12.0. The van der Waals surface area contributed by atoms with Crippen molar-refractivity contribution in [2.45, 2.75) is 0 Å². The van der Waals surface area contributed by atoms with E-state index in [1.54, 1.807) is 0 Å². The first-order chi connectivity index (χ1) is 32.7. The first-order valence-corrected chi connectivity index (χ1v) is 23.1. The predicted molar refractivity (Wildman–Crippen MR) is 282 cm³/mol. The second-order valence-electron chi connectivity index (χ2n) is 18.3. The molecule has 15 rings (SSSR count). The number of hydrogen-bond acceptors (Lipinski definition) is 0. The summed E-state index contributed by atoms with van der Waals surface area (Å²) in [6, 6.07) is 86.8. The smallest absolute Gasteiger partial charge is 0.000740 e. The molecule has 0 heterocycles. The van der Waals surface area contributed by atoms with Gasteiger partial charge in [0, 0.05) is 0 Å². The van der Waals surface area contributed by atoms with Crippen LogP contribution in [0.2, 0.25) is 0 Å². The molecule has 0 bridgehead atoms. The zero-order valence-corrected chi connectivity index (χ0v) is 35.9. The zero-order valence-electron chi connectivity index (χ0n) is 35.9. The molecule has 0 nitrogen and oxygen atoms in total. The van der Waals surface area contributed by atoms with E-state index in [1.807, 2.05) is 0 Å². The van der Waals surface area contributed by atoms with Gasteiger partial charge in [-0.05, 0) is 178 Å². The molecule has 13 aromatic rings. The van der Waals surface area contributed by atoms with E-state index in [-0.39, 0.29) is 0 Å². The van der Waals surface area contributed by atoms with E-state index in [9.17, 15) is 0 Å². The minimum absolute atomic E-state index is 1.24. The molecule has 0 heteroatoms. The quantitative estimate of drug-likeness (QED) is 0.166. The Hall–Kier alpha value is -8.58. The number of fused-ring (bicyclic) bond motifs is 11. The van der Waals surface area contributed by atoms with Crippen molar-refractivity contribution in [1.29, 1.82) is 0 Å². The van der Waals surface area contributed by atoms with Crippen LogP contribution < -0.4 is 0 Å². The molecule has 0 amide bonds. The predicted octanol–water partition coefficient (Wildman–Crippen LogP) is 18.6. The highest BCUT2D eigenvalue weighted by Crippen LogP contribution is 2.63. The maximum atomic E-state index is 2.46. The van der Waals surface area contributed by atoms with Crippen LogP contribution in [0.15, 0.2) is 231 Å². The second-order valence-corrected chi connectivity index (χ2v) is 18.3. The summed E-state index contributed by atoms with van der Waals surface area (Å²) in [4.78, 5) is 0. The third-order valence-corrected chi connectivity index (χ3v) is 14.9. The van der Waals surface area contributed by atoms with Gasteiger partial charge in [-0.2, -0.15) is 0 Å². The average Bonchev–Trinajstić information content (AvgIpc) is 3.90. The third kappa shape index (κ3) is 4.99. The van der Waals surface area contributed by atoms with Crippen molar-refractivity contribution in [3.05, 3.63) is 231 Å².